The lowest BCUT2D eigenvalue weighted by atomic mass is 10.0. The minimum absolute atomic E-state index is 0.00637. The predicted octanol–water partition coefficient (Wildman–Crippen LogP) is 1.89. The van der Waals surface area contributed by atoms with E-state index in [1.165, 1.54) is 34.6 Å². The average molecular weight is 499 g/mol. The Hall–Kier alpha value is -1.64. The number of hydrogen-bond donors (Lipinski definition) is 1. The molecule has 1 aromatic carbocycles. The van der Waals surface area contributed by atoms with E-state index in [9.17, 15) is 21.9 Å². The number of rotatable bonds is 5. The molecule has 184 valence electrons. The van der Waals surface area contributed by atoms with Gasteiger partial charge in [-0.15, -0.1) is 0 Å². The fourth-order valence-electron chi connectivity index (χ4n) is 4.17. The second kappa shape index (κ2) is 10.3. The van der Waals surface area contributed by atoms with Crippen LogP contribution in [0.25, 0.3) is 0 Å². The lowest BCUT2D eigenvalue weighted by Gasteiger charge is -2.37. The van der Waals surface area contributed by atoms with Gasteiger partial charge < -0.3 is 9.84 Å². The fourth-order valence-corrected chi connectivity index (χ4v) is 6.41. The molecule has 0 saturated heterocycles. The van der Waals surface area contributed by atoms with E-state index in [1.54, 1.807) is 19.1 Å². The monoisotopic (exact) mass is 498 g/mol. The molecule has 0 spiro atoms. The Kier molecular flexibility index (Phi) is 8.12. The summed E-state index contributed by atoms with van der Waals surface area (Å²) in [6, 6.07) is 4.15. The third-order valence-electron chi connectivity index (χ3n) is 6.45. The van der Waals surface area contributed by atoms with Gasteiger partial charge in [-0.05, 0) is 38.0 Å². The number of fused-ring (bicyclic) bond motifs is 1. The minimum atomic E-state index is -3.95. The Bertz CT molecular complexity index is 1120. The van der Waals surface area contributed by atoms with Crippen LogP contribution in [0.5, 0.6) is 5.75 Å². The maximum absolute atomic E-state index is 13.5. The van der Waals surface area contributed by atoms with Crippen LogP contribution in [0, 0.1) is 23.7 Å². The Morgan fingerprint density at radius 1 is 1.30 bits per heavy atom. The van der Waals surface area contributed by atoms with E-state index in [4.69, 9.17) is 4.74 Å². The van der Waals surface area contributed by atoms with E-state index < -0.39 is 32.2 Å². The highest BCUT2D eigenvalue weighted by atomic mass is 32.2. The summed E-state index contributed by atoms with van der Waals surface area (Å²) in [5.74, 6) is 6.60. The molecule has 33 heavy (non-hydrogen) atoms. The van der Waals surface area contributed by atoms with Crippen molar-refractivity contribution in [1.82, 2.24) is 8.61 Å². The van der Waals surface area contributed by atoms with Crippen molar-refractivity contribution in [1.29, 1.82) is 0 Å². The number of likely N-dealkylation sites (N-methyl/N-ethyl adjacent to an activating group) is 1. The first-order valence-electron chi connectivity index (χ1n) is 11.3. The number of aliphatic hydroxyl groups excluding tert-OH is 1. The first-order valence-corrected chi connectivity index (χ1v) is 14.6. The van der Waals surface area contributed by atoms with Gasteiger partial charge in [0.1, 0.15) is 16.7 Å². The average Bonchev–Trinajstić information content (AvgIpc) is 3.27. The summed E-state index contributed by atoms with van der Waals surface area (Å²) in [5, 5.41) is 9.71. The summed E-state index contributed by atoms with van der Waals surface area (Å²) in [4.78, 5) is -0.00637. The zero-order valence-corrected chi connectivity index (χ0v) is 21.3. The zero-order chi connectivity index (χ0) is 24.4. The van der Waals surface area contributed by atoms with Gasteiger partial charge in [0.25, 0.3) is 0 Å². The normalized spacial score (nSPS) is 24.8. The van der Waals surface area contributed by atoms with Crippen LogP contribution in [0.15, 0.2) is 23.1 Å². The van der Waals surface area contributed by atoms with E-state index in [1.807, 2.05) is 6.92 Å². The van der Waals surface area contributed by atoms with Crippen molar-refractivity contribution < 1.29 is 26.7 Å². The molecule has 3 atom stereocenters. The van der Waals surface area contributed by atoms with E-state index in [2.05, 4.69) is 11.8 Å². The number of hydrogen-bond acceptors (Lipinski definition) is 6. The second-order valence-corrected chi connectivity index (χ2v) is 13.1. The minimum Gasteiger partial charge on any atom is -0.487 e. The summed E-state index contributed by atoms with van der Waals surface area (Å²) in [6.45, 7) is 3.29. The van der Waals surface area contributed by atoms with E-state index >= 15 is 0 Å². The van der Waals surface area contributed by atoms with Gasteiger partial charge in [-0.25, -0.2) is 21.1 Å². The molecule has 0 amide bonds. The summed E-state index contributed by atoms with van der Waals surface area (Å²) < 4.78 is 59.6. The molecule has 8 nitrogen and oxygen atoms in total. The smallest absolute Gasteiger partial charge is 0.247 e. The van der Waals surface area contributed by atoms with Gasteiger partial charge in [-0.2, -0.15) is 4.31 Å². The van der Waals surface area contributed by atoms with E-state index in [0.717, 1.165) is 19.1 Å². The van der Waals surface area contributed by atoms with Crippen LogP contribution in [-0.4, -0.2) is 75.7 Å². The van der Waals surface area contributed by atoms with Crippen molar-refractivity contribution in [2.75, 3.05) is 33.0 Å². The molecule has 1 heterocycles. The number of benzene rings is 1. The lowest BCUT2D eigenvalue weighted by Crippen LogP contribution is -2.50. The largest absolute Gasteiger partial charge is 0.487 e. The third kappa shape index (κ3) is 6.08. The molecule has 0 aromatic heterocycles. The molecule has 1 saturated carbocycles. The van der Waals surface area contributed by atoms with Crippen molar-refractivity contribution in [2.24, 2.45) is 11.8 Å². The number of ether oxygens (including phenoxy) is 1. The molecular formula is C23H34N2O6S2. The van der Waals surface area contributed by atoms with Crippen molar-refractivity contribution in [3.63, 3.8) is 0 Å². The third-order valence-corrected chi connectivity index (χ3v) is 9.75. The fraction of sp³-hybridized carbons (Fsp3) is 0.652. The molecule has 1 N–H and O–H groups in total. The SMILES string of the molecule is C[C@H]1CN([C@@H](C)CO)S(=O)(=O)c2ccc(C#CC3CCCC3)cc2O[C@@H]1CN(C)S(C)(=O)=O. The molecule has 1 aromatic rings. The second-order valence-electron chi connectivity index (χ2n) is 9.20. The summed E-state index contributed by atoms with van der Waals surface area (Å²) >= 11 is 0. The molecule has 1 fully saturated rings. The van der Waals surface area contributed by atoms with Crippen LogP contribution >= 0.6 is 0 Å². The highest BCUT2D eigenvalue weighted by Gasteiger charge is 2.38. The molecule has 10 heteroatoms. The standard InChI is InChI=1S/C23H34N2O6S2/c1-17-14-25(18(2)16-26)33(29,30)23-12-11-20(10-9-19-7-5-6-8-19)13-21(23)31-22(17)15-24(3)32(4,27)28/h11-13,17-19,22,26H,5-8,14-16H2,1-4H3/t17-,18-,22+/m0/s1. The Morgan fingerprint density at radius 2 is 1.97 bits per heavy atom. The Morgan fingerprint density at radius 3 is 2.58 bits per heavy atom. The van der Waals surface area contributed by atoms with Gasteiger partial charge in [0.15, 0.2) is 0 Å². The van der Waals surface area contributed by atoms with Crippen molar-refractivity contribution in [3.05, 3.63) is 23.8 Å². The molecule has 2 aliphatic rings. The van der Waals surface area contributed by atoms with Gasteiger partial charge in [0.2, 0.25) is 20.0 Å². The number of aliphatic hydroxyl groups is 1. The highest BCUT2D eigenvalue weighted by molar-refractivity contribution is 7.89. The quantitative estimate of drug-likeness (QED) is 0.622. The number of nitrogens with zero attached hydrogens (tertiary/aromatic N) is 2. The first-order chi connectivity index (χ1) is 15.4. The molecule has 3 rings (SSSR count). The maximum Gasteiger partial charge on any atom is 0.247 e. The van der Waals surface area contributed by atoms with Gasteiger partial charge in [-0.3, -0.25) is 0 Å². The first kappa shape index (κ1) is 26.0. The van der Waals surface area contributed by atoms with Crippen LogP contribution in [0.4, 0.5) is 0 Å². The van der Waals surface area contributed by atoms with Crippen LogP contribution in [0.2, 0.25) is 0 Å². The lowest BCUT2D eigenvalue weighted by molar-refractivity contribution is 0.0905. The molecule has 0 bridgehead atoms. The molecule has 0 radical (unpaired) electrons. The Labute approximate surface area is 198 Å². The summed E-state index contributed by atoms with van der Waals surface area (Å²) in [5.41, 5.74) is 0.654. The molecule has 1 aliphatic carbocycles. The van der Waals surface area contributed by atoms with Crippen LogP contribution in [-0.2, 0) is 20.0 Å². The van der Waals surface area contributed by atoms with Gasteiger partial charge in [0, 0.05) is 37.0 Å². The Balaban J connectivity index is 2.05. The molecule has 0 unspecified atom stereocenters. The molecule has 1 aliphatic heterocycles. The summed E-state index contributed by atoms with van der Waals surface area (Å²) in [6.07, 6.45) is 5.04. The molecular weight excluding hydrogens is 464 g/mol. The van der Waals surface area contributed by atoms with Gasteiger partial charge in [-0.1, -0.05) is 31.6 Å². The van der Waals surface area contributed by atoms with Gasteiger partial charge >= 0.3 is 0 Å². The maximum atomic E-state index is 13.5. The predicted molar refractivity (Wildman–Crippen MR) is 127 cm³/mol. The van der Waals surface area contributed by atoms with Crippen LogP contribution in [0.1, 0.15) is 45.1 Å². The summed E-state index contributed by atoms with van der Waals surface area (Å²) in [7, 11) is -5.92. The highest BCUT2D eigenvalue weighted by Crippen LogP contribution is 2.34. The van der Waals surface area contributed by atoms with Gasteiger partial charge in [0.05, 0.1) is 19.4 Å². The van der Waals surface area contributed by atoms with Crippen molar-refractivity contribution in [3.8, 4) is 17.6 Å². The topological polar surface area (TPSA) is 104 Å². The van der Waals surface area contributed by atoms with Crippen LogP contribution < -0.4 is 4.74 Å². The van der Waals surface area contributed by atoms with Crippen LogP contribution in [0.3, 0.4) is 0 Å². The van der Waals surface area contributed by atoms with Crippen molar-refractivity contribution >= 4 is 20.0 Å². The number of sulfonamides is 2. The van der Waals surface area contributed by atoms with Crippen molar-refractivity contribution in [2.45, 2.75) is 56.6 Å². The zero-order valence-electron chi connectivity index (χ0n) is 19.7. The van der Waals surface area contributed by atoms with E-state index in [-0.39, 0.29) is 36.3 Å². The van der Waals surface area contributed by atoms with E-state index in [0.29, 0.717) is 11.5 Å².